The monoisotopic (exact) mass is 416 g/mol. The zero-order valence-corrected chi connectivity index (χ0v) is 17.0. The number of carbonyl (C=O) groups excluding carboxylic acids is 5. The first-order valence-electron chi connectivity index (χ1n) is 9.62. The number of imide groups is 1. The van der Waals surface area contributed by atoms with Crippen molar-refractivity contribution in [3.8, 4) is 0 Å². The van der Waals surface area contributed by atoms with E-state index in [1.165, 1.54) is 13.8 Å². The van der Waals surface area contributed by atoms with Gasteiger partial charge in [-0.05, 0) is 56.9 Å². The highest BCUT2D eigenvalue weighted by Gasteiger charge is 2.56. The molecule has 2 fully saturated rings. The summed E-state index contributed by atoms with van der Waals surface area (Å²) in [7, 11) is 0. The number of carbonyl (C=O) groups is 5. The zero-order valence-electron chi connectivity index (χ0n) is 17.0. The summed E-state index contributed by atoms with van der Waals surface area (Å²) in [6.45, 7) is 3.87. The minimum Gasteiger partial charge on any atom is -0.451 e. The molecule has 3 rings (SSSR count). The highest BCUT2D eigenvalue weighted by Crippen LogP contribution is 2.42. The molecule has 2 atom stereocenters. The predicted octanol–water partition coefficient (Wildman–Crippen LogP) is 1.24. The molecule has 0 unspecified atom stereocenters. The summed E-state index contributed by atoms with van der Waals surface area (Å²) in [6.07, 6.45) is 0.566. The molecule has 0 spiro atoms. The molecule has 2 aliphatic rings. The van der Waals surface area contributed by atoms with E-state index in [9.17, 15) is 24.0 Å². The highest BCUT2D eigenvalue weighted by molar-refractivity contribution is 6.09. The molecule has 1 saturated heterocycles. The Morgan fingerprint density at radius 2 is 1.73 bits per heavy atom. The van der Waals surface area contributed by atoms with Crippen molar-refractivity contribution in [1.82, 2.24) is 10.2 Å². The van der Waals surface area contributed by atoms with Gasteiger partial charge in [-0.2, -0.15) is 0 Å². The second-order valence-corrected chi connectivity index (χ2v) is 7.68. The lowest BCUT2D eigenvalue weighted by atomic mass is 9.96. The summed E-state index contributed by atoms with van der Waals surface area (Å²) in [5.74, 6) is -2.02. The number of anilines is 2. The molecule has 1 heterocycles. The van der Waals surface area contributed by atoms with Crippen molar-refractivity contribution in [2.24, 2.45) is 5.92 Å². The fourth-order valence-electron chi connectivity index (χ4n) is 3.30. The van der Waals surface area contributed by atoms with Gasteiger partial charge in [-0.3, -0.25) is 24.1 Å². The van der Waals surface area contributed by atoms with E-state index in [1.54, 1.807) is 31.2 Å². The van der Waals surface area contributed by atoms with Crippen LogP contribution in [-0.2, 0) is 23.9 Å². The zero-order chi connectivity index (χ0) is 22.1. The standard InChI is InChI=1S/C20H24N4O6/c1-11(17(27)22-15-8-6-14(7-9-15)21-12(2)25)30-16(26)10-24-18(28)20(3,13-4-5-13)23-19(24)29/h6-9,11,13H,4-5,10H2,1-3H3,(H,21,25)(H,22,27)(H,23,29)/t11-,20-/m1/s1. The van der Waals surface area contributed by atoms with Crippen molar-refractivity contribution in [3.63, 3.8) is 0 Å². The summed E-state index contributed by atoms with van der Waals surface area (Å²) < 4.78 is 5.08. The van der Waals surface area contributed by atoms with Crippen molar-refractivity contribution in [2.45, 2.75) is 45.3 Å². The lowest BCUT2D eigenvalue weighted by molar-refractivity contribution is -0.155. The van der Waals surface area contributed by atoms with E-state index in [0.29, 0.717) is 11.4 Å². The molecule has 30 heavy (non-hydrogen) atoms. The van der Waals surface area contributed by atoms with Crippen LogP contribution in [0.5, 0.6) is 0 Å². The predicted molar refractivity (Wildman–Crippen MR) is 106 cm³/mol. The Hall–Kier alpha value is -3.43. The maximum atomic E-state index is 12.5. The second-order valence-electron chi connectivity index (χ2n) is 7.68. The number of rotatable bonds is 7. The first-order valence-corrected chi connectivity index (χ1v) is 9.62. The Labute approximate surface area is 173 Å². The van der Waals surface area contributed by atoms with Gasteiger partial charge in [0.05, 0.1) is 0 Å². The maximum Gasteiger partial charge on any atom is 0.327 e. The molecule has 160 valence electrons. The van der Waals surface area contributed by atoms with Gasteiger partial charge in [0.2, 0.25) is 5.91 Å². The van der Waals surface area contributed by atoms with Crippen LogP contribution < -0.4 is 16.0 Å². The third-order valence-electron chi connectivity index (χ3n) is 5.13. The Morgan fingerprint density at radius 1 is 1.17 bits per heavy atom. The molecule has 0 bridgehead atoms. The van der Waals surface area contributed by atoms with Crippen LogP contribution in [0.25, 0.3) is 0 Å². The van der Waals surface area contributed by atoms with E-state index < -0.39 is 42.0 Å². The quantitative estimate of drug-likeness (QED) is 0.452. The molecule has 1 aromatic rings. The lowest BCUT2D eigenvalue weighted by Gasteiger charge is -2.21. The summed E-state index contributed by atoms with van der Waals surface area (Å²) in [6, 6.07) is 5.76. The van der Waals surface area contributed by atoms with Gasteiger partial charge in [0, 0.05) is 18.3 Å². The van der Waals surface area contributed by atoms with Crippen LogP contribution in [0.2, 0.25) is 0 Å². The molecule has 3 N–H and O–H groups in total. The van der Waals surface area contributed by atoms with Gasteiger partial charge in [-0.15, -0.1) is 0 Å². The first-order chi connectivity index (χ1) is 14.1. The van der Waals surface area contributed by atoms with Gasteiger partial charge < -0.3 is 20.7 Å². The fraction of sp³-hybridized carbons (Fsp3) is 0.450. The SMILES string of the molecule is CC(=O)Nc1ccc(NC(=O)[C@@H](C)OC(=O)CN2C(=O)N[C@](C)(C3CC3)C2=O)cc1. The van der Waals surface area contributed by atoms with Crippen molar-refractivity contribution in [3.05, 3.63) is 24.3 Å². The fourth-order valence-corrected chi connectivity index (χ4v) is 3.30. The third kappa shape index (κ3) is 4.58. The van der Waals surface area contributed by atoms with Crippen LogP contribution in [-0.4, -0.2) is 52.8 Å². The molecule has 1 aliphatic carbocycles. The van der Waals surface area contributed by atoms with E-state index >= 15 is 0 Å². The van der Waals surface area contributed by atoms with Crippen LogP contribution in [0.3, 0.4) is 0 Å². The van der Waals surface area contributed by atoms with Crippen molar-refractivity contribution in [1.29, 1.82) is 0 Å². The molecule has 10 heteroatoms. The Kier molecular flexibility index (Phi) is 5.77. The number of nitrogens with one attached hydrogen (secondary N) is 3. The number of urea groups is 1. The Bertz CT molecular complexity index is 895. The maximum absolute atomic E-state index is 12.5. The molecule has 0 radical (unpaired) electrons. The van der Waals surface area contributed by atoms with Gasteiger partial charge in [0.15, 0.2) is 6.10 Å². The van der Waals surface area contributed by atoms with Crippen LogP contribution in [0.1, 0.15) is 33.6 Å². The van der Waals surface area contributed by atoms with Gasteiger partial charge in [0.25, 0.3) is 11.8 Å². The normalized spacial score (nSPS) is 21.6. The van der Waals surface area contributed by atoms with Gasteiger partial charge in [-0.1, -0.05) is 0 Å². The van der Waals surface area contributed by atoms with Crippen molar-refractivity contribution >= 4 is 41.1 Å². The van der Waals surface area contributed by atoms with Crippen LogP contribution in [0.15, 0.2) is 24.3 Å². The molecule has 1 aromatic carbocycles. The number of amides is 5. The second kappa shape index (κ2) is 8.13. The molecule has 1 saturated carbocycles. The van der Waals surface area contributed by atoms with Crippen LogP contribution in [0, 0.1) is 5.92 Å². The van der Waals surface area contributed by atoms with Crippen LogP contribution >= 0.6 is 0 Å². The largest absolute Gasteiger partial charge is 0.451 e. The van der Waals surface area contributed by atoms with Crippen LogP contribution in [0.4, 0.5) is 16.2 Å². The summed E-state index contributed by atoms with van der Waals surface area (Å²) in [5.41, 5.74) is 0.0436. The molecule has 0 aromatic heterocycles. The van der Waals surface area contributed by atoms with Gasteiger partial charge in [-0.25, -0.2) is 4.79 Å². The summed E-state index contributed by atoms with van der Waals surface area (Å²) in [4.78, 5) is 60.9. The molecular formula is C20H24N4O6. The average molecular weight is 416 g/mol. The van der Waals surface area contributed by atoms with E-state index in [-0.39, 0.29) is 11.8 Å². The highest BCUT2D eigenvalue weighted by atomic mass is 16.5. The number of hydrogen-bond acceptors (Lipinski definition) is 6. The minimum absolute atomic E-state index is 0.0803. The number of hydrogen-bond donors (Lipinski definition) is 3. The smallest absolute Gasteiger partial charge is 0.327 e. The van der Waals surface area contributed by atoms with Gasteiger partial charge >= 0.3 is 12.0 Å². The minimum atomic E-state index is -1.14. The third-order valence-corrected chi connectivity index (χ3v) is 5.13. The molecule has 5 amide bonds. The molecule has 1 aliphatic heterocycles. The Morgan fingerprint density at radius 3 is 2.27 bits per heavy atom. The lowest BCUT2D eigenvalue weighted by Crippen LogP contribution is -2.46. The van der Waals surface area contributed by atoms with E-state index in [1.807, 2.05) is 0 Å². The number of esters is 1. The number of ether oxygens (including phenoxy) is 1. The summed E-state index contributed by atoms with van der Waals surface area (Å²) >= 11 is 0. The first kappa shape index (κ1) is 21.3. The van der Waals surface area contributed by atoms with Crippen molar-refractivity contribution in [2.75, 3.05) is 17.2 Å². The topological polar surface area (TPSA) is 134 Å². The molecular weight excluding hydrogens is 392 g/mol. The molecule has 10 nitrogen and oxygen atoms in total. The van der Waals surface area contributed by atoms with E-state index in [0.717, 1.165) is 17.7 Å². The number of nitrogens with zero attached hydrogens (tertiary/aromatic N) is 1. The number of benzene rings is 1. The summed E-state index contributed by atoms with van der Waals surface area (Å²) in [5, 5.41) is 7.84. The van der Waals surface area contributed by atoms with Crippen molar-refractivity contribution < 1.29 is 28.7 Å². The van der Waals surface area contributed by atoms with E-state index in [4.69, 9.17) is 4.74 Å². The average Bonchev–Trinajstić information content (AvgIpc) is 3.49. The van der Waals surface area contributed by atoms with Gasteiger partial charge in [0.1, 0.15) is 12.1 Å². The Balaban J connectivity index is 1.51. The van der Waals surface area contributed by atoms with E-state index in [2.05, 4.69) is 16.0 Å².